The summed E-state index contributed by atoms with van der Waals surface area (Å²) in [5.74, 6) is 0.970. The Morgan fingerprint density at radius 2 is 2.00 bits per heavy atom. The highest BCUT2D eigenvalue weighted by atomic mass is 32.1. The van der Waals surface area contributed by atoms with Crippen molar-refractivity contribution >= 4 is 22.9 Å². The van der Waals surface area contributed by atoms with Gasteiger partial charge in [-0.25, -0.2) is 0 Å². The molecule has 1 fully saturated rings. The molecule has 80 valence electrons. The number of hydrogen-bond acceptors (Lipinski definition) is 3. The first kappa shape index (κ1) is 10.6. The van der Waals surface area contributed by atoms with Crippen LogP contribution in [0.25, 0.3) is 0 Å². The van der Waals surface area contributed by atoms with Crippen molar-refractivity contribution in [2.24, 2.45) is 5.92 Å². The molecule has 1 aromatic heterocycles. The smallest absolute Gasteiger partial charge is 0.169 e. The Morgan fingerprint density at radius 1 is 1.27 bits per heavy atom. The van der Waals surface area contributed by atoms with Crippen molar-refractivity contribution < 1.29 is 9.59 Å². The third-order valence-corrected chi connectivity index (χ3v) is 4.45. The van der Waals surface area contributed by atoms with E-state index in [1.54, 1.807) is 25.2 Å². The van der Waals surface area contributed by atoms with Crippen LogP contribution in [0.4, 0.5) is 0 Å². The van der Waals surface area contributed by atoms with Crippen molar-refractivity contribution in [3.63, 3.8) is 0 Å². The van der Waals surface area contributed by atoms with Crippen LogP contribution in [-0.4, -0.2) is 11.6 Å². The summed E-state index contributed by atoms with van der Waals surface area (Å²) in [6, 6.07) is 3.87. The Labute approximate surface area is 93.3 Å². The summed E-state index contributed by atoms with van der Waals surface area (Å²) in [6.07, 6.45) is 2.09. The molecule has 15 heavy (non-hydrogen) atoms. The number of carbonyl (C=O) groups excluding carboxylic acids is 2. The number of rotatable bonds is 3. The molecule has 1 heterocycles. The molecule has 0 spiro atoms. The monoisotopic (exact) mass is 222 g/mol. The van der Waals surface area contributed by atoms with Gasteiger partial charge < -0.3 is 0 Å². The zero-order chi connectivity index (χ0) is 11.0. The number of Topliss-reactive ketones (excluding diaryl/α,β-unsaturated/α-hetero) is 2. The maximum absolute atomic E-state index is 11.3. The molecular formula is C12H14O2S. The molecule has 0 N–H and O–H groups in total. The topological polar surface area (TPSA) is 34.1 Å². The first-order chi connectivity index (χ1) is 7.09. The van der Waals surface area contributed by atoms with Crippen molar-refractivity contribution in [2.75, 3.05) is 0 Å². The lowest BCUT2D eigenvalue weighted by Crippen LogP contribution is -2.28. The molecular weight excluding hydrogens is 208 g/mol. The van der Waals surface area contributed by atoms with Gasteiger partial charge in [-0.15, -0.1) is 11.3 Å². The van der Waals surface area contributed by atoms with Crippen LogP contribution < -0.4 is 0 Å². The van der Waals surface area contributed by atoms with Crippen LogP contribution >= 0.6 is 11.3 Å². The molecule has 0 saturated heterocycles. The van der Waals surface area contributed by atoms with Gasteiger partial charge in [-0.2, -0.15) is 0 Å². The van der Waals surface area contributed by atoms with E-state index in [0.29, 0.717) is 5.92 Å². The van der Waals surface area contributed by atoms with Gasteiger partial charge in [-0.1, -0.05) is 0 Å². The fraction of sp³-hybridized carbons (Fsp3) is 0.500. The lowest BCUT2D eigenvalue weighted by molar-refractivity contribution is -0.123. The first-order valence-corrected chi connectivity index (χ1v) is 6.02. The van der Waals surface area contributed by atoms with E-state index in [1.807, 2.05) is 12.1 Å². The summed E-state index contributed by atoms with van der Waals surface area (Å²) in [7, 11) is 0. The van der Waals surface area contributed by atoms with Gasteiger partial charge in [0.05, 0.1) is 4.88 Å². The Kier molecular flexibility index (Phi) is 2.74. The second-order valence-electron chi connectivity index (χ2n) is 4.16. The molecule has 1 aliphatic carbocycles. The van der Waals surface area contributed by atoms with Crippen molar-refractivity contribution in [1.82, 2.24) is 0 Å². The van der Waals surface area contributed by atoms with E-state index in [1.165, 1.54) is 4.88 Å². The average molecular weight is 222 g/mol. The summed E-state index contributed by atoms with van der Waals surface area (Å²) in [5, 5.41) is 0. The molecule has 1 aliphatic rings. The zero-order valence-corrected chi connectivity index (χ0v) is 9.76. The number of hydrogen-bond donors (Lipinski definition) is 0. The third-order valence-electron chi connectivity index (χ3n) is 3.14. The second kappa shape index (κ2) is 3.89. The lowest BCUT2D eigenvalue weighted by atomic mass is 9.71. The predicted molar refractivity (Wildman–Crippen MR) is 60.5 cm³/mol. The number of ketones is 2. The first-order valence-electron chi connectivity index (χ1n) is 5.20. The largest absolute Gasteiger partial charge is 0.300 e. The zero-order valence-electron chi connectivity index (χ0n) is 8.95. The molecule has 2 atom stereocenters. The molecule has 2 nitrogen and oxygen atoms in total. The van der Waals surface area contributed by atoms with Gasteiger partial charge >= 0.3 is 0 Å². The highest BCUT2D eigenvalue weighted by molar-refractivity contribution is 7.14. The van der Waals surface area contributed by atoms with E-state index in [0.717, 1.165) is 17.7 Å². The van der Waals surface area contributed by atoms with Crippen LogP contribution in [0.1, 0.15) is 47.2 Å². The maximum Gasteiger partial charge on any atom is 0.169 e. The average Bonchev–Trinajstić information content (AvgIpc) is 2.49. The second-order valence-corrected chi connectivity index (χ2v) is 5.27. The van der Waals surface area contributed by atoms with Gasteiger partial charge in [-0.05, 0) is 38.8 Å². The normalized spacial score (nSPS) is 24.7. The Morgan fingerprint density at radius 3 is 2.40 bits per heavy atom. The summed E-state index contributed by atoms with van der Waals surface area (Å²) in [4.78, 5) is 24.4. The van der Waals surface area contributed by atoms with Crippen LogP contribution in [-0.2, 0) is 4.79 Å². The van der Waals surface area contributed by atoms with Crippen LogP contribution in [0.2, 0.25) is 0 Å². The Hall–Kier alpha value is -0.960. The van der Waals surface area contributed by atoms with Crippen LogP contribution in [0.5, 0.6) is 0 Å². The van der Waals surface area contributed by atoms with Crippen LogP contribution in [0, 0.1) is 5.92 Å². The van der Waals surface area contributed by atoms with Crippen molar-refractivity contribution in [3.8, 4) is 0 Å². The third kappa shape index (κ3) is 1.88. The SMILES string of the molecule is CC(=O)c1ccc([C@H]2CC[C@H]2C(C)=O)s1. The van der Waals surface area contributed by atoms with Crippen LogP contribution in [0.3, 0.4) is 0 Å². The van der Waals surface area contributed by atoms with E-state index in [2.05, 4.69) is 0 Å². The molecule has 0 amide bonds. The van der Waals surface area contributed by atoms with Gasteiger partial charge in [0, 0.05) is 16.7 Å². The van der Waals surface area contributed by atoms with Crippen molar-refractivity contribution in [2.45, 2.75) is 32.6 Å². The van der Waals surface area contributed by atoms with Gasteiger partial charge in [0.2, 0.25) is 0 Å². The van der Waals surface area contributed by atoms with Gasteiger partial charge in [0.15, 0.2) is 5.78 Å². The molecule has 0 aliphatic heterocycles. The fourth-order valence-electron chi connectivity index (χ4n) is 2.07. The summed E-state index contributed by atoms with van der Waals surface area (Å²) >= 11 is 1.54. The number of carbonyl (C=O) groups is 2. The minimum Gasteiger partial charge on any atom is -0.300 e. The van der Waals surface area contributed by atoms with E-state index in [-0.39, 0.29) is 17.5 Å². The molecule has 2 rings (SSSR count). The summed E-state index contributed by atoms with van der Waals surface area (Å²) in [5.41, 5.74) is 0. The predicted octanol–water partition coefficient (Wildman–Crippen LogP) is 3.03. The van der Waals surface area contributed by atoms with E-state index in [4.69, 9.17) is 0 Å². The van der Waals surface area contributed by atoms with Gasteiger partial charge in [0.25, 0.3) is 0 Å². The molecule has 3 heteroatoms. The minimum absolute atomic E-state index is 0.116. The molecule has 0 aromatic carbocycles. The van der Waals surface area contributed by atoms with E-state index in [9.17, 15) is 9.59 Å². The highest BCUT2D eigenvalue weighted by Gasteiger charge is 2.36. The minimum atomic E-state index is 0.116. The summed E-state index contributed by atoms with van der Waals surface area (Å²) in [6.45, 7) is 3.25. The molecule has 0 unspecified atom stereocenters. The molecule has 0 radical (unpaired) electrons. The van der Waals surface area contributed by atoms with E-state index < -0.39 is 0 Å². The standard InChI is InChI=1S/C12H14O2S/c1-7(13)9-3-4-10(9)12-6-5-11(15-12)8(2)14/h5-6,9-10H,3-4H2,1-2H3/t9-,10-/m0/s1. The number of thiophene rings is 1. The fourth-order valence-corrected chi connectivity index (χ4v) is 3.17. The highest BCUT2D eigenvalue weighted by Crippen LogP contribution is 2.45. The Bertz CT molecular complexity index is 406. The summed E-state index contributed by atoms with van der Waals surface area (Å²) < 4.78 is 0. The van der Waals surface area contributed by atoms with Crippen molar-refractivity contribution in [3.05, 3.63) is 21.9 Å². The van der Waals surface area contributed by atoms with E-state index >= 15 is 0 Å². The molecule has 1 saturated carbocycles. The van der Waals surface area contributed by atoms with Gasteiger partial charge in [-0.3, -0.25) is 9.59 Å². The molecule has 1 aromatic rings. The quantitative estimate of drug-likeness (QED) is 0.737. The lowest BCUT2D eigenvalue weighted by Gasteiger charge is -2.33. The molecule has 0 bridgehead atoms. The van der Waals surface area contributed by atoms with Crippen LogP contribution in [0.15, 0.2) is 12.1 Å². The Balaban J connectivity index is 2.16. The maximum atomic E-state index is 11.3. The van der Waals surface area contributed by atoms with Crippen molar-refractivity contribution in [1.29, 1.82) is 0 Å². The van der Waals surface area contributed by atoms with Gasteiger partial charge in [0.1, 0.15) is 5.78 Å².